The van der Waals surface area contributed by atoms with Crippen molar-refractivity contribution in [2.24, 2.45) is 5.41 Å². The van der Waals surface area contributed by atoms with Crippen molar-refractivity contribution in [2.75, 3.05) is 32.8 Å². The predicted octanol–water partition coefficient (Wildman–Crippen LogP) is 4.68. The van der Waals surface area contributed by atoms with Gasteiger partial charge in [-0.05, 0) is 49.1 Å². The van der Waals surface area contributed by atoms with E-state index in [2.05, 4.69) is 16.0 Å². The van der Waals surface area contributed by atoms with Gasteiger partial charge in [-0.15, -0.1) is 0 Å². The number of aromatic nitrogens is 2. The highest BCUT2D eigenvalue weighted by Crippen LogP contribution is 2.39. The minimum atomic E-state index is -4.35. The van der Waals surface area contributed by atoms with Crippen LogP contribution in [-0.2, 0) is 11.2 Å². The average molecular weight is 519 g/mol. The lowest BCUT2D eigenvalue weighted by Gasteiger charge is -2.45. The van der Waals surface area contributed by atoms with Gasteiger partial charge in [-0.3, -0.25) is 14.6 Å². The lowest BCUT2D eigenvalue weighted by atomic mass is 9.73. The van der Waals surface area contributed by atoms with Gasteiger partial charge >= 0.3 is 6.18 Å². The summed E-state index contributed by atoms with van der Waals surface area (Å²) in [6, 6.07) is 7.93. The number of alkyl halides is 3. The third-order valence-electron chi connectivity index (χ3n) is 7.39. The zero-order chi connectivity index (χ0) is 26.3. The molecule has 1 saturated heterocycles. The van der Waals surface area contributed by atoms with Gasteiger partial charge in [0.05, 0.1) is 19.2 Å². The Hall–Kier alpha value is -3.17. The molecule has 2 amide bonds. The number of ether oxygens (including phenoxy) is 1. The van der Waals surface area contributed by atoms with E-state index in [1.165, 1.54) is 18.6 Å². The second kappa shape index (κ2) is 11.9. The molecule has 200 valence electrons. The highest BCUT2D eigenvalue weighted by molar-refractivity contribution is 5.92. The molecule has 10 heteroatoms. The summed E-state index contributed by atoms with van der Waals surface area (Å²) in [6.07, 6.45) is 3.38. The first-order valence-electron chi connectivity index (χ1n) is 12.9. The van der Waals surface area contributed by atoms with Crippen molar-refractivity contribution in [3.05, 3.63) is 54.1 Å². The molecule has 0 radical (unpaired) electrons. The Morgan fingerprint density at radius 3 is 2.51 bits per heavy atom. The third-order valence-corrected chi connectivity index (χ3v) is 7.39. The Morgan fingerprint density at radius 2 is 1.78 bits per heavy atom. The van der Waals surface area contributed by atoms with Crippen molar-refractivity contribution < 1.29 is 27.5 Å². The van der Waals surface area contributed by atoms with E-state index >= 15 is 0 Å². The van der Waals surface area contributed by atoms with E-state index in [9.17, 15) is 22.8 Å². The highest BCUT2D eigenvalue weighted by Gasteiger charge is 2.39. The Kier molecular flexibility index (Phi) is 8.66. The standard InChI is InChI=1S/C27H33F3N4O3/c28-27(29,30)10-8-24(35)33-15-11-26(12-16-33)9-4-3-6-21-5-1-2-7-23(21)37-18-17-34(20-26)25(36)22-19-31-13-14-32-22/h1-2,5,7,13-14,19H,3-4,6,8-12,15-18,20H2. The molecule has 7 nitrogen and oxygen atoms in total. The van der Waals surface area contributed by atoms with Crippen LogP contribution in [0.4, 0.5) is 13.2 Å². The van der Waals surface area contributed by atoms with Crippen molar-refractivity contribution in [1.82, 2.24) is 19.8 Å². The van der Waals surface area contributed by atoms with E-state index in [1.54, 1.807) is 9.80 Å². The fourth-order valence-corrected chi connectivity index (χ4v) is 5.29. The first-order chi connectivity index (χ1) is 17.7. The van der Waals surface area contributed by atoms with Crippen molar-refractivity contribution in [2.45, 2.75) is 57.5 Å². The van der Waals surface area contributed by atoms with Gasteiger partial charge in [0.1, 0.15) is 18.1 Å². The summed E-state index contributed by atoms with van der Waals surface area (Å²) in [5.74, 6) is 0.137. The molecule has 2 aliphatic heterocycles. The number of carbonyl (C=O) groups is 2. The van der Waals surface area contributed by atoms with Crippen molar-refractivity contribution >= 4 is 11.8 Å². The zero-order valence-electron chi connectivity index (χ0n) is 20.9. The Morgan fingerprint density at radius 1 is 1.00 bits per heavy atom. The second-order valence-electron chi connectivity index (χ2n) is 9.98. The largest absolute Gasteiger partial charge is 0.491 e. The van der Waals surface area contributed by atoms with Crippen molar-refractivity contribution in [3.8, 4) is 5.75 Å². The number of hydrogen-bond acceptors (Lipinski definition) is 5. The number of benzene rings is 1. The molecular weight excluding hydrogens is 485 g/mol. The maximum atomic E-state index is 13.4. The average Bonchev–Trinajstić information content (AvgIpc) is 2.89. The minimum Gasteiger partial charge on any atom is -0.491 e. The SMILES string of the molecule is O=C(CCC(F)(F)F)N1CCC2(CCCCc3ccccc3OCCN(C(=O)c3cnccn3)C2)CC1. The summed E-state index contributed by atoms with van der Waals surface area (Å²) in [6.45, 7) is 1.94. The lowest BCUT2D eigenvalue weighted by Crippen LogP contribution is -2.50. The van der Waals surface area contributed by atoms with E-state index in [1.807, 2.05) is 18.2 Å². The number of para-hydroxylation sites is 1. The number of piperidine rings is 1. The number of fused-ring (bicyclic) bond motifs is 1. The summed E-state index contributed by atoms with van der Waals surface area (Å²) in [4.78, 5) is 37.4. The van der Waals surface area contributed by atoms with Gasteiger partial charge in [0.25, 0.3) is 5.91 Å². The molecule has 0 saturated carbocycles. The molecule has 0 N–H and O–H groups in total. The van der Waals surface area contributed by atoms with Crippen molar-refractivity contribution in [3.63, 3.8) is 0 Å². The Labute approximate surface area is 215 Å². The van der Waals surface area contributed by atoms with Gasteiger partial charge in [-0.2, -0.15) is 13.2 Å². The molecule has 0 unspecified atom stereocenters. The summed E-state index contributed by atoms with van der Waals surface area (Å²) < 4.78 is 43.9. The third kappa shape index (κ3) is 7.42. The number of likely N-dealkylation sites (tertiary alicyclic amines) is 1. The molecule has 1 aromatic heterocycles. The number of rotatable bonds is 3. The fourth-order valence-electron chi connectivity index (χ4n) is 5.29. The molecule has 3 heterocycles. The number of carbonyl (C=O) groups excluding carboxylic acids is 2. The van der Waals surface area contributed by atoms with E-state index in [0.717, 1.165) is 37.0 Å². The van der Waals surface area contributed by atoms with Crippen molar-refractivity contribution in [1.29, 1.82) is 0 Å². The van der Waals surface area contributed by atoms with Gasteiger partial charge in [0.2, 0.25) is 5.91 Å². The number of amides is 2. The Balaban J connectivity index is 1.51. The van der Waals surface area contributed by atoms with Gasteiger partial charge in [-0.1, -0.05) is 24.6 Å². The first-order valence-corrected chi connectivity index (χ1v) is 12.9. The molecular formula is C27H33F3N4O3. The zero-order valence-corrected chi connectivity index (χ0v) is 20.9. The normalized spacial score (nSPS) is 18.8. The van der Waals surface area contributed by atoms with Crippen LogP contribution in [0.15, 0.2) is 42.9 Å². The highest BCUT2D eigenvalue weighted by atomic mass is 19.4. The van der Waals surface area contributed by atoms with E-state index in [4.69, 9.17) is 4.74 Å². The number of hydrogen-bond donors (Lipinski definition) is 0. The summed E-state index contributed by atoms with van der Waals surface area (Å²) in [7, 11) is 0. The van der Waals surface area contributed by atoms with E-state index in [-0.39, 0.29) is 17.0 Å². The first kappa shape index (κ1) is 26.9. The molecule has 1 spiro atoms. The monoisotopic (exact) mass is 518 g/mol. The molecule has 0 atom stereocenters. The summed E-state index contributed by atoms with van der Waals surface area (Å²) >= 11 is 0. The second-order valence-corrected chi connectivity index (χ2v) is 9.98. The van der Waals surface area contributed by atoms with Crippen LogP contribution in [0.1, 0.15) is 61.0 Å². The molecule has 4 rings (SSSR count). The van der Waals surface area contributed by atoms with E-state index in [0.29, 0.717) is 45.6 Å². The van der Waals surface area contributed by atoms with Crippen LogP contribution in [0, 0.1) is 5.41 Å². The molecule has 37 heavy (non-hydrogen) atoms. The van der Waals surface area contributed by atoms with Gasteiger partial charge in [-0.25, -0.2) is 4.98 Å². The van der Waals surface area contributed by atoms with Crippen LogP contribution in [0.2, 0.25) is 0 Å². The number of aryl methyl sites for hydroxylation is 1. The number of halogens is 3. The molecule has 1 fully saturated rings. The minimum absolute atomic E-state index is 0.231. The van der Waals surface area contributed by atoms with Crippen LogP contribution >= 0.6 is 0 Å². The molecule has 2 aliphatic rings. The van der Waals surface area contributed by atoms with Crippen LogP contribution in [-0.4, -0.2) is 70.5 Å². The van der Waals surface area contributed by atoms with Crippen LogP contribution in [0.3, 0.4) is 0 Å². The van der Waals surface area contributed by atoms with Gasteiger partial charge in [0.15, 0.2) is 0 Å². The van der Waals surface area contributed by atoms with E-state index < -0.39 is 24.9 Å². The molecule has 1 aromatic carbocycles. The maximum Gasteiger partial charge on any atom is 0.389 e. The summed E-state index contributed by atoms with van der Waals surface area (Å²) in [5.41, 5.74) is 1.15. The number of nitrogens with zero attached hydrogens (tertiary/aromatic N) is 4. The summed E-state index contributed by atoms with van der Waals surface area (Å²) in [5, 5.41) is 0. The van der Waals surface area contributed by atoms with Crippen LogP contribution in [0.5, 0.6) is 5.75 Å². The predicted molar refractivity (Wildman–Crippen MR) is 131 cm³/mol. The van der Waals surface area contributed by atoms with Gasteiger partial charge < -0.3 is 14.5 Å². The van der Waals surface area contributed by atoms with Gasteiger partial charge in [0, 0.05) is 38.4 Å². The van der Waals surface area contributed by atoms with Crippen LogP contribution < -0.4 is 4.74 Å². The molecule has 0 bridgehead atoms. The lowest BCUT2D eigenvalue weighted by molar-refractivity contribution is -0.150. The van der Waals surface area contributed by atoms with Crippen LogP contribution in [0.25, 0.3) is 0 Å². The topological polar surface area (TPSA) is 75.6 Å². The molecule has 0 aliphatic carbocycles. The smallest absolute Gasteiger partial charge is 0.389 e. The Bertz CT molecular complexity index is 1060. The quantitative estimate of drug-likeness (QED) is 0.590. The fraction of sp³-hybridized carbons (Fsp3) is 0.556. The molecule has 2 aromatic rings. The maximum absolute atomic E-state index is 13.4.